The SMILES string of the molecule is CC(C)(C)OC(=O)NC1CCC(n2cc(C(=O)O)c(=O)c3ccc(I)cc32)CC1. The minimum atomic E-state index is -1.22. The summed E-state index contributed by atoms with van der Waals surface area (Å²) in [6, 6.07) is 5.49. The highest BCUT2D eigenvalue weighted by Gasteiger charge is 2.27. The molecule has 29 heavy (non-hydrogen) atoms. The number of carboxylic acids is 1. The molecule has 1 aromatic carbocycles. The Labute approximate surface area is 182 Å². The molecule has 7 nitrogen and oxygen atoms in total. The predicted octanol–water partition coefficient (Wildman–Crippen LogP) is 4.31. The number of amides is 1. The number of fused-ring (bicyclic) bond motifs is 1. The maximum atomic E-state index is 12.5. The average molecular weight is 512 g/mol. The molecule has 2 aromatic rings. The van der Waals surface area contributed by atoms with Crippen molar-refractivity contribution in [2.45, 2.75) is 64.1 Å². The molecule has 1 heterocycles. The fraction of sp³-hybridized carbons (Fsp3) is 0.476. The highest BCUT2D eigenvalue weighted by atomic mass is 127. The first-order valence-corrected chi connectivity index (χ1v) is 10.7. The number of carbonyl (C=O) groups excluding carboxylic acids is 1. The van der Waals surface area contributed by atoms with Gasteiger partial charge >= 0.3 is 12.1 Å². The number of nitrogens with zero attached hydrogens (tertiary/aromatic N) is 1. The van der Waals surface area contributed by atoms with Crippen molar-refractivity contribution in [3.63, 3.8) is 0 Å². The van der Waals surface area contributed by atoms with Crippen molar-refractivity contribution in [1.29, 1.82) is 0 Å². The van der Waals surface area contributed by atoms with Gasteiger partial charge in [-0.1, -0.05) is 0 Å². The summed E-state index contributed by atoms with van der Waals surface area (Å²) in [6.45, 7) is 5.48. The summed E-state index contributed by atoms with van der Waals surface area (Å²) in [5.74, 6) is -1.22. The lowest BCUT2D eigenvalue weighted by Gasteiger charge is -2.32. The third-order valence-corrected chi connectivity index (χ3v) is 5.71. The lowest BCUT2D eigenvalue weighted by Crippen LogP contribution is -2.41. The Hall–Kier alpha value is -2.10. The lowest BCUT2D eigenvalue weighted by molar-refractivity contribution is 0.0487. The second-order valence-electron chi connectivity index (χ2n) is 8.40. The second kappa shape index (κ2) is 8.33. The van der Waals surface area contributed by atoms with E-state index in [-0.39, 0.29) is 17.6 Å². The first kappa shape index (κ1) is 21.6. The molecular formula is C21H25IN2O5. The molecule has 1 aromatic heterocycles. The van der Waals surface area contributed by atoms with Gasteiger partial charge in [-0.3, -0.25) is 4.79 Å². The van der Waals surface area contributed by atoms with Gasteiger partial charge in [-0.2, -0.15) is 0 Å². The zero-order valence-corrected chi connectivity index (χ0v) is 18.9. The Morgan fingerprint density at radius 3 is 2.45 bits per heavy atom. The van der Waals surface area contributed by atoms with Gasteiger partial charge in [0.05, 0.1) is 5.52 Å². The third-order valence-electron chi connectivity index (χ3n) is 5.04. The zero-order valence-electron chi connectivity index (χ0n) is 16.7. The second-order valence-corrected chi connectivity index (χ2v) is 9.64. The maximum absolute atomic E-state index is 12.5. The number of rotatable bonds is 3. The average Bonchev–Trinajstić information content (AvgIpc) is 2.61. The fourth-order valence-corrected chi connectivity index (χ4v) is 4.22. The van der Waals surface area contributed by atoms with Crippen molar-refractivity contribution < 1.29 is 19.4 Å². The molecule has 8 heteroatoms. The van der Waals surface area contributed by atoms with Crippen LogP contribution in [-0.4, -0.2) is 33.4 Å². The van der Waals surface area contributed by atoms with Gasteiger partial charge in [-0.25, -0.2) is 9.59 Å². The number of aromatic carboxylic acids is 1. The van der Waals surface area contributed by atoms with Gasteiger partial charge in [-0.15, -0.1) is 0 Å². The van der Waals surface area contributed by atoms with Crippen LogP contribution in [0.2, 0.25) is 0 Å². The third kappa shape index (κ3) is 5.09. The smallest absolute Gasteiger partial charge is 0.407 e. The Bertz CT molecular complexity index is 1000. The summed E-state index contributed by atoms with van der Waals surface area (Å²) in [7, 11) is 0. The normalized spacial score (nSPS) is 19.7. The summed E-state index contributed by atoms with van der Waals surface area (Å²) in [4.78, 5) is 36.1. The van der Waals surface area contributed by atoms with Gasteiger partial charge in [-0.05, 0) is 87.2 Å². The van der Waals surface area contributed by atoms with Gasteiger partial charge in [0.2, 0.25) is 5.43 Å². The summed E-state index contributed by atoms with van der Waals surface area (Å²) < 4.78 is 8.22. The number of pyridine rings is 1. The number of carbonyl (C=O) groups is 2. The molecule has 1 aliphatic carbocycles. The van der Waals surface area contributed by atoms with Gasteiger partial charge < -0.3 is 19.7 Å². The lowest BCUT2D eigenvalue weighted by atomic mass is 9.90. The molecule has 0 unspecified atom stereocenters. The van der Waals surface area contributed by atoms with E-state index in [1.165, 1.54) is 6.20 Å². The number of nitrogens with one attached hydrogen (secondary N) is 1. The molecule has 1 amide bonds. The maximum Gasteiger partial charge on any atom is 0.407 e. The highest BCUT2D eigenvalue weighted by molar-refractivity contribution is 14.1. The molecule has 0 bridgehead atoms. The molecule has 1 saturated carbocycles. The minimum absolute atomic E-state index is 0.0193. The Kier molecular flexibility index (Phi) is 6.21. The molecule has 3 rings (SSSR count). The molecule has 0 aliphatic heterocycles. The van der Waals surface area contributed by atoms with Gasteiger partial charge in [0.25, 0.3) is 0 Å². The molecule has 0 saturated heterocycles. The van der Waals surface area contributed by atoms with E-state index in [1.807, 2.05) is 37.5 Å². The highest BCUT2D eigenvalue weighted by Crippen LogP contribution is 2.31. The van der Waals surface area contributed by atoms with E-state index < -0.39 is 23.1 Å². The van der Waals surface area contributed by atoms with E-state index >= 15 is 0 Å². The molecule has 1 fully saturated rings. The molecule has 0 atom stereocenters. The van der Waals surface area contributed by atoms with Gasteiger partial charge in [0.15, 0.2) is 0 Å². The molecule has 1 aliphatic rings. The number of alkyl carbamates (subject to hydrolysis) is 1. The van der Waals surface area contributed by atoms with Crippen molar-refractivity contribution in [3.8, 4) is 0 Å². The van der Waals surface area contributed by atoms with E-state index in [2.05, 4.69) is 27.9 Å². The molecular weight excluding hydrogens is 487 g/mol. The molecule has 0 spiro atoms. The number of ether oxygens (including phenoxy) is 1. The summed E-state index contributed by atoms with van der Waals surface area (Å²) >= 11 is 2.18. The van der Waals surface area contributed by atoms with Gasteiger partial charge in [0.1, 0.15) is 11.2 Å². The van der Waals surface area contributed by atoms with Crippen molar-refractivity contribution in [3.05, 3.63) is 43.8 Å². The van der Waals surface area contributed by atoms with Crippen LogP contribution in [0, 0.1) is 3.57 Å². The number of hydrogen-bond donors (Lipinski definition) is 2. The fourth-order valence-electron chi connectivity index (χ4n) is 3.75. The van der Waals surface area contributed by atoms with Crippen molar-refractivity contribution in [1.82, 2.24) is 9.88 Å². The van der Waals surface area contributed by atoms with Crippen LogP contribution in [-0.2, 0) is 4.74 Å². The van der Waals surface area contributed by atoms with E-state index in [1.54, 1.807) is 6.07 Å². The quantitative estimate of drug-likeness (QED) is 0.598. The van der Waals surface area contributed by atoms with Crippen LogP contribution in [0.15, 0.2) is 29.2 Å². The first-order chi connectivity index (χ1) is 13.5. The van der Waals surface area contributed by atoms with Crippen LogP contribution in [0.25, 0.3) is 10.9 Å². The van der Waals surface area contributed by atoms with Gasteiger partial charge in [0, 0.05) is 27.2 Å². The van der Waals surface area contributed by atoms with E-state index in [0.29, 0.717) is 5.39 Å². The van der Waals surface area contributed by atoms with Crippen molar-refractivity contribution in [2.24, 2.45) is 0 Å². The predicted molar refractivity (Wildman–Crippen MR) is 119 cm³/mol. The van der Waals surface area contributed by atoms with Crippen LogP contribution in [0.5, 0.6) is 0 Å². The van der Waals surface area contributed by atoms with Crippen molar-refractivity contribution >= 4 is 45.6 Å². The largest absolute Gasteiger partial charge is 0.477 e. The van der Waals surface area contributed by atoms with E-state index in [0.717, 1.165) is 34.8 Å². The van der Waals surface area contributed by atoms with Crippen molar-refractivity contribution in [2.75, 3.05) is 0 Å². The number of halogens is 1. The number of benzene rings is 1. The van der Waals surface area contributed by atoms with Crippen LogP contribution in [0.3, 0.4) is 0 Å². The van der Waals surface area contributed by atoms with E-state index in [4.69, 9.17) is 4.74 Å². The summed E-state index contributed by atoms with van der Waals surface area (Å²) in [5, 5.41) is 12.8. The topological polar surface area (TPSA) is 97.6 Å². The van der Waals surface area contributed by atoms with Crippen LogP contribution in [0.4, 0.5) is 4.79 Å². The van der Waals surface area contributed by atoms with Crippen LogP contribution < -0.4 is 10.7 Å². The summed E-state index contributed by atoms with van der Waals surface area (Å²) in [6.07, 6.45) is 4.09. The zero-order chi connectivity index (χ0) is 21.3. The molecule has 2 N–H and O–H groups in total. The Balaban J connectivity index is 1.83. The molecule has 156 valence electrons. The standard InChI is InChI=1S/C21H25IN2O5/c1-21(2,3)29-20(28)23-13-5-7-14(8-6-13)24-11-16(19(26)27)18(25)15-9-4-12(22)10-17(15)24/h4,9-11,13-14H,5-8H2,1-3H3,(H,23,28)(H,26,27). The minimum Gasteiger partial charge on any atom is -0.477 e. The number of carboxylic acid groups (broad SMARTS) is 1. The molecule has 0 radical (unpaired) electrons. The number of hydrogen-bond acceptors (Lipinski definition) is 4. The van der Waals surface area contributed by atoms with E-state index in [9.17, 15) is 19.5 Å². The monoisotopic (exact) mass is 512 g/mol. The Morgan fingerprint density at radius 1 is 1.21 bits per heavy atom. The summed E-state index contributed by atoms with van der Waals surface area (Å²) in [5.41, 5.74) is -0.468. The number of aromatic nitrogens is 1. The first-order valence-electron chi connectivity index (χ1n) is 9.62. The van der Waals surface area contributed by atoms with Crippen LogP contribution in [0.1, 0.15) is 62.9 Å². The Morgan fingerprint density at radius 2 is 1.86 bits per heavy atom. The van der Waals surface area contributed by atoms with Crippen LogP contribution >= 0.6 is 22.6 Å².